The smallest absolute Gasteiger partial charge is 0.124 e. The molecule has 2 nitrogen and oxygen atoms in total. The van der Waals surface area contributed by atoms with Crippen molar-refractivity contribution in [3.8, 4) is 16.3 Å². The van der Waals surface area contributed by atoms with Gasteiger partial charge in [-0.25, -0.2) is 4.98 Å². The van der Waals surface area contributed by atoms with Gasteiger partial charge in [-0.15, -0.1) is 11.3 Å². The Morgan fingerprint density at radius 2 is 1.94 bits per heavy atom. The number of aromatic nitrogens is 1. The fraction of sp³-hybridized carbons (Fsp3) is 0.133. The fourth-order valence-corrected chi connectivity index (χ4v) is 2.78. The number of phenols is 1. The molecule has 2 aromatic rings. The van der Waals surface area contributed by atoms with E-state index < -0.39 is 0 Å². The maximum absolute atomic E-state index is 9.28. The van der Waals surface area contributed by atoms with Crippen LogP contribution in [0.15, 0.2) is 47.9 Å². The van der Waals surface area contributed by atoms with Crippen LogP contribution in [0.2, 0.25) is 0 Å². The third-order valence-corrected chi connectivity index (χ3v) is 3.80. The first-order valence-electron chi connectivity index (χ1n) is 5.95. The van der Waals surface area contributed by atoms with Crippen molar-refractivity contribution >= 4 is 16.9 Å². The highest BCUT2D eigenvalue weighted by molar-refractivity contribution is 7.13. The molecular weight excluding hydrogens is 242 g/mol. The molecule has 0 atom stereocenters. The Balaban J connectivity index is 1.91. The van der Waals surface area contributed by atoms with Crippen LogP contribution >= 0.6 is 11.3 Å². The Morgan fingerprint density at radius 1 is 1.11 bits per heavy atom. The highest BCUT2D eigenvalue weighted by Gasteiger charge is 2.08. The first-order chi connectivity index (χ1) is 8.83. The summed E-state index contributed by atoms with van der Waals surface area (Å²) in [5.74, 6) is 0.286. The molecule has 1 aromatic heterocycles. The Morgan fingerprint density at radius 3 is 2.67 bits per heavy atom. The van der Waals surface area contributed by atoms with Crippen LogP contribution in [0.4, 0.5) is 0 Å². The second kappa shape index (κ2) is 4.78. The van der Waals surface area contributed by atoms with Crippen molar-refractivity contribution in [1.29, 1.82) is 0 Å². The molecule has 0 bridgehead atoms. The molecule has 0 amide bonds. The number of nitrogens with zero attached hydrogens (tertiary/aromatic N) is 1. The standard InChI is InChI=1S/C15H13NOS/c17-13-8-6-12(7-9-13)15-16-14(10-18-15)11-4-2-1-3-5-11/h2,4-10,17H,1,3H2. The SMILES string of the molecule is Oc1ccc(-c2nc(C3=CCCC=C3)cs2)cc1. The van der Waals surface area contributed by atoms with Gasteiger partial charge < -0.3 is 5.11 Å². The largest absolute Gasteiger partial charge is 0.508 e. The molecule has 18 heavy (non-hydrogen) atoms. The lowest BCUT2D eigenvalue weighted by atomic mass is 10.1. The van der Waals surface area contributed by atoms with Gasteiger partial charge in [-0.3, -0.25) is 0 Å². The third-order valence-electron chi connectivity index (χ3n) is 2.91. The minimum Gasteiger partial charge on any atom is -0.508 e. The van der Waals surface area contributed by atoms with E-state index in [2.05, 4.69) is 28.6 Å². The lowest BCUT2D eigenvalue weighted by molar-refractivity contribution is 0.475. The molecule has 0 unspecified atom stereocenters. The van der Waals surface area contributed by atoms with Crippen LogP contribution in [0, 0.1) is 0 Å². The van der Waals surface area contributed by atoms with Crippen molar-refractivity contribution in [2.75, 3.05) is 0 Å². The zero-order valence-corrected chi connectivity index (χ0v) is 10.7. The van der Waals surface area contributed by atoms with E-state index in [1.807, 2.05) is 12.1 Å². The number of aromatic hydroxyl groups is 1. The average molecular weight is 255 g/mol. The Bertz CT molecular complexity index is 608. The molecule has 0 radical (unpaired) electrons. The molecule has 0 fully saturated rings. The van der Waals surface area contributed by atoms with Gasteiger partial charge in [0, 0.05) is 10.9 Å². The summed E-state index contributed by atoms with van der Waals surface area (Å²) >= 11 is 1.63. The molecule has 1 aliphatic carbocycles. The summed E-state index contributed by atoms with van der Waals surface area (Å²) in [6, 6.07) is 7.17. The zero-order valence-electron chi connectivity index (χ0n) is 9.84. The Hall–Kier alpha value is -1.87. The highest BCUT2D eigenvalue weighted by atomic mass is 32.1. The average Bonchev–Trinajstić information content (AvgIpc) is 2.90. The number of hydrogen-bond donors (Lipinski definition) is 1. The Labute approximate surface area is 110 Å². The van der Waals surface area contributed by atoms with Gasteiger partial charge in [0.15, 0.2) is 0 Å². The third kappa shape index (κ3) is 2.22. The van der Waals surface area contributed by atoms with Crippen molar-refractivity contribution in [2.45, 2.75) is 12.8 Å². The molecule has 0 spiro atoms. The summed E-state index contributed by atoms with van der Waals surface area (Å²) in [7, 11) is 0. The summed E-state index contributed by atoms with van der Waals surface area (Å²) < 4.78 is 0. The van der Waals surface area contributed by atoms with Crippen LogP contribution in [-0.4, -0.2) is 10.1 Å². The van der Waals surface area contributed by atoms with Gasteiger partial charge in [0.2, 0.25) is 0 Å². The molecule has 0 saturated carbocycles. The summed E-state index contributed by atoms with van der Waals surface area (Å²) in [5.41, 5.74) is 3.30. The first kappa shape index (κ1) is 11.2. The van der Waals surface area contributed by atoms with E-state index in [0.717, 1.165) is 29.1 Å². The van der Waals surface area contributed by atoms with Gasteiger partial charge in [0.25, 0.3) is 0 Å². The minimum absolute atomic E-state index is 0.286. The van der Waals surface area contributed by atoms with E-state index in [4.69, 9.17) is 0 Å². The zero-order chi connectivity index (χ0) is 12.4. The van der Waals surface area contributed by atoms with E-state index in [-0.39, 0.29) is 5.75 Å². The van der Waals surface area contributed by atoms with Crippen LogP contribution in [0.3, 0.4) is 0 Å². The predicted molar refractivity (Wildman–Crippen MR) is 75.6 cm³/mol. The van der Waals surface area contributed by atoms with Crippen LogP contribution in [-0.2, 0) is 0 Å². The van der Waals surface area contributed by atoms with Gasteiger partial charge in [-0.2, -0.15) is 0 Å². The quantitative estimate of drug-likeness (QED) is 0.870. The number of hydrogen-bond acceptors (Lipinski definition) is 3. The van der Waals surface area contributed by atoms with Gasteiger partial charge >= 0.3 is 0 Å². The molecule has 1 aliphatic rings. The molecule has 0 aliphatic heterocycles. The summed E-state index contributed by atoms with van der Waals surface area (Å²) in [6.07, 6.45) is 8.78. The number of thiazole rings is 1. The van der Waals surface area contributed by atoms with Crippen molar-refractivity contribution in [3.63, 3.8) is 0 Å². The van der Waals surface area contributed by atoms with E-state index >= 15 is 0 Å². The summed E-state index contributed by atoms with van der Waals surface area (Å²) in [4.78, 5) is 4.65. The van der Waals surface area contributed by atoms with Gasteiger partial charge in [-0.1, -0.05) is 18.2 Å². The number of phenolic OH excluding ortho intramolecular Hbond substituents is 1. The number of benzene rings is 1. The Kier molecular flexibility index (Phi) is 2.99. The maximum Gasteiger partial charge on any atom is 0.124 e. The molecule has 1 heterocycles. The van der Waals surface area contributed by atoms with Crippen LogP contribution in [0.1, 0.15) is 18.5 Å². The molecule has 1 N–H and O–H groups in total. The van der Waals surface area contributed by atoms with Gasteiger partial charge in [0.05, 0.1) is 5.69 Å². The van der Waals surface area contributed by atoms with Crippen molar-refractivity contribution < 1.29 is 5.11 Å². The highest BCUT2D eigenvalue weighted by Crippen LogP contribution is 2.29. The second-order valence-electron chi connectivity index (χ2n) is 4.22. The monoisotopic (exact) mass is 255 g/mol. The molecule has 3 rings (SSSR count). The minimum atomic E-state index is 0.286. The van der Waals surface area contributed by atoms with Gasteiger partial charge in [-0.05, 0) is 42.7 Å². The topological polar surface area (TPSA) is 33.1 Å². The fourth-order valence-electron chi connectivity index (χ4n) is 1.95. The lowest BCUT2D eigenvalue weighted by Gasteiger charge is -2.02. The van der Waals surface area contributed by atoms with E-state index in [1.54, 1.807) is 23.5 Å². The lowest BCUT2D eigenvalue weighted by Crippen LogP contribution is -1.86. The molecule has 1 aromatic carbocycles. The van der Waals surface area contributed by atoms with Gasteiger partial charge in [0.1, 0.15) is 10.8 Å². The van der Waals surface area contributed by atoms with E-state index in [9.17, 15) is 5.11 Å². The molecule has 3 heteroatoms. The summed E-state index contributed by atoms with van der Waals surface area (Å²) in [6.45, 7) is 0. The predicted octanol–water partition coefficient (Wildman–Crippen LogP) is 4.25. The summed E-state index contributed by atoms with van der Waals surface area (Å²) in [5, 5.41) is 12.4. The van der Waals surface area contributed by atoms with Crippen molar-refractivity contribution in [2.24, 2.45) is 0 Å². The normalized spacial score (nSPS) is 14.6. The van der Waals surface area contributed by atoms with Crippen molar-refractivity contribution in [1.82, 2.24) is 4.98 Å². The van der Waals surface area contributed by atoms with Crippen LogP contribution in [0.25, 0.3) is 16.1 Å². The van der Waals surface area contributed by atoms with Crippen LogP contribution in [0.5, 0.6) is 5.75 Å². The maximum atomic E-state index is 9.28. The molecule has 90 valence electrons. The van der Waals surface area contributed by atoms with Crippen LogP contribution < -0.4 is 0 Å². The van der Waals surface area contributed by atoms with Crippen molar-refractivity contribution in [3.05, 3.63) is 53.6 Å². The van der Waals surface area contributed by atoms with E-state index in [0.29, 0.717) is 0 Å². The first-order valence-corrected chi connectivity index (χ1v) is 6.83. The van der Waals surface area contributed by atoms with E-state index in [1.165, 1.54) is 5.57 Å². The number of rotatable bonds is 2. The molecular formula is C15H13NOS. The number of allylic oxidation sites excluding steroid dienone is 4. The molecule has 0 saturated heterocycles. The second-order valence-corrected chi connectivity index (χ2v) is 5.08.